The predicted octanol–water partition coefficient (Wildman–Crippen LogP) is 1.73. The van der Waals surface area contributed by atoms with E-state index < -0.39 is 12.7 Å². The van der Waals surface area contributed by atoms with Gasteiger partial charge in [-0.15, -0.1) is 0 Å². The number of carbonyl (C=O) groups is 1. The molecule has 0 bridgehead atoms. The highest BCUT2D eigenvalue weighted by Gasteiger charge is 2.29. The fourth-order valence-electron chi connectivity index (χ4n) is 2.04. The summed E-state index contributed by atoms with van der Waals surface area (Å²) in [6.45, 7) is -2.52. The molecular formula is C13H16F2N2O3. The van der Waals surface area contributed by atoms with E-state index in [4.69, 9.17) is 10.5 Å². The van der Waals surface area contributed by atoms with Crippen LogP contribution in [0.4, 0.5) is 14.5 Å². The molecule has 0 unspecified atom stereocenters. The zero-order valence-corrected chi connectivity index (χ0v) is 10.7. The first-order chi connectivity index (χ1) is 9.58. The van der Waals surface area contributed by atoms with Gasteiger partial charge in [-0.25, -0.2) is 0 Å². The van der Waals surface area contributed by atoms with Gasteiger partial charge in [0.25, 0.3) is 5.91 Å². The zero-order valence-electron chi connectivity index (χ0n) is 10.7. The van der Waals surface area contributed by atoms with Crippen molar-refractivity contribution in [1.82, 2.24) is 0 Å². The molecule has 1 aliphatic rings. The molecule has 5 nitrogen and oxygen atoms in total. The summed E-state index contributed by atoms with van der Waals surface area (Å²) in [6.07, 6.45) is 0.687. The second-order valence-electron chi connectivity index (χ2n) is 4.46. The highest BCUT2D eigenvalue weighted by Crippen LogP contribution is 2.22. The summed E-state index contributed by atoms with van der Waals surface area (Å²) in [7, 11) is 0. The van der Waals surface area contributed by atoms with Crippen LogP contribution in [0.15, 0.2) is 24.3 Å². The topological polar surface area (TPSA) is 73.6 Å². The maximum absolute atomic E-state index is 12.1. The van der Waals surface area contributed by atoms with Crippen LogP contribution in [0.3, 0.4) is 0 Å². The molecule has 0 aromatic heterocycles. The summed E-state index contributed by atoms with van der Waals surface area (Å²) in [6, 6.07) is 5.83. The van der Waals surface area contributed by atoms with Crippen LogP contribution < -0.4 is 15.8 Å². The largest absolute Gasteiger partial charge is 0.435 e. The molecule has 2 atom stereocenters. The Balaban J connectivity index is 1.94. The lowest BCUT2D eigenvalue weighted by Gasteiger charge is -2.13. The van der Waals surface area contributed by atoms with E-state index in [0.717, 1.165) is 6.42 Å². The summed E-state index contributed by atoms with van der Waals surface area (Å²) in [4.78, 5) is 11.9. The van der Waals surface area contributed by atoms with Gasteiger partial charge in [0.1, 0.15) is 11.9 Å². The van der Waals surface area contributed by atoms with Gasteiger partial charge in [0, 0.05) is 18.3 Å². The first kappa shape index (κ1) is 14.7. The molecule has 0 saturated carbocycles. The van der Waals surface area contributed by atoms with Gasteiger partial charge in [-0.3, -0.25) is 4.79 Å². The van der Waals surface area contributed by atoms with Crippen molar-refractivity contribution in [2.24, 2.45) is 5.73 Å². The van der Waals surface area contributed by atoms with E-state index in [2.05, 4.69) is 10.1 Å². The number of anilines is 1. The van der Waals surface area contributed by atoms with Crippen LogP contribution in [0.25, 0.3) is 0 Å². The van der Waals surface area contributed by atoms with E-state index in [1.807, 2.05) is 0 Å². The number of alkyl halides is 2. The third-order valence-electron chi connectivity index (χ3n) is 2.99. The molecule has 0 aliphatic carbocycles. The van der Waals surface area contributed by atoms with Gasteiger partial charge >= 0.3 is 6.61 Å². The number of benzene rings is 1. The van der Waals surface area contributed by atoms with Crippen LogP contribution in [0.1, 0.15) is 12.8 Å². The molecule has 20 heavy (non-hydrogen) atoms. The minimum Gasteiger partial charge on any atom is -0.435 e. The Kier molecular flexibility index (Phi) is 4.86. The van der Waals surface area contributed by atoms with Crippen molar-refractivity contribution in [1.29, 1.82) is 0 Å². The number of ether oxygens (including phenoxy) is 2. The quantitative estimate of drug-likeness (QED) is 0.864. The normalized spacial score (nSPS) is 22.0. The van der Waals surface area contributed by atoms with Crippen LogP contribution in [-0.4, -0.2) is 31.3 Å². The number of carbonyl (C=O) groups excluding carboxylic acids is 1. The molecule has 1 saturated heterocycles. The van der Waals surface area contributed by atoms with Crippen molar-refractivity contribution >= 4 is 11.6 Å². The van der Waals surface area contributed by atoms with Gasteiger partial charge in [0.15, 0.2) is 0 Å². The predicted molar refractivity (Wildman–Crippen MR) is 68.7 cm³/mol. The van der Waals surface area contributed by atoms with Gasteiger partial charge in [0.2, 0.25) is 0 Å². The van der Waals surface area contributed by atoms with Crippen molar-refractivity contribution in [3.8, 4) is 5.75 Å². The van der Waals surface area contributed by atoms with Gasteiger partial charge in [-0.05, 0) is 25.0 Å². The number of hydrogen-bond acceptors (Lipinski definition) is 4. The second-order valence-corrected chi connectivity index (χ2v) is 4.46. The molecule has 1 fully saturated rings. The van der Waals surface area contributed by atoms with Gasteiger partial charge in [0.05, 0.1) is 6.10 Å². The first-order valence-corrected chi connectivity index (χ1v) is 6.29. The lowest BCUT2D eigenvalue weighted by molar-refractivity contribution is -0.126. The Morgan fingerprint density at radius 2 is 2.30 bits per heavy atom. The fourth-order valence-corrected chi connectivity index (χ4v) is 2.04. The molecule has 110 valence electrons. The monoisotopic (exact) mass is 286 g/mol. The molecule has 1 aromatic carbocycles. The van der Waals surface area contributed by atoms with Crippen LogP contribution in [0, 0.1) is 0 Å². The van der Waals surface area contributed by atoms with E-state index in [1.165, 1.54) is 18.2 Å². The SMILES string of the molecule is NC[C@H]1CC[C@@H](C(=O)Nc2cccc(OC(F)F)c2)O1. The van der Waals surface area contributed by atoms with E-state index in [9.17, 15) is 13.6 Å². The highest BCUT2D eigenvalue weighted by molar-refractivity contribution is 5.94. The van der Waals surface area contributed by atoms with Crippen LogP contribution in [-0.2, 0) is 9.53 Å². The molecule has 7 heteroatoms. The highest BCUT2D eigenvalue weighted by atomic mass is 19.3. The summed E-state index contributed by atoms with van der Waals surface area (Å²) in [5, 5.41) is 2.61. The molecule has 1 aromatic rings. The molecule has 1 heterocycles. The van der Waals surface area contributed by atoms with Crippen molar-refractivity contribution in [3.05, 3.63) is 24.3 Å². The van der Waals surface area contributed by atoms with Gasteiger partial charge in [-0.1, -0.05) is 6.07 Å². The third-order valence-corrected chi connectivity index (χ3v) is 2.99. The molecule has 1 amide bonds. The maximum atomic E-state index is 12.1. The van der Waals surface area contributed by atoms with Crippen molar-refractivity contribution < 1.29 is 23.0 Å². The minimum absolute atomic E-state index is 0.00928. The van der Waals surface area contributed by atoms with Crippen molar-refractivity contribution in [2.45, 2.75) is 31.7 Å². The van der Waals surface area contributed by atoms with Crippen LogP contribution in [0.2, 0.25) is 0 Å². The molecular weight excluding hydrogens is 270 g/mol. The van der Waals surface area contributed by atoms with Gasteiger partial charge in [-0.2, -0.15) is 8.78 Å². The van der Waals surface area contributed by atoms with Crippen LogP contribution >= 0.6 is 0 Å². The zero-order chi connectivity index (χ0) is 14.5. The minimum atomic E-state index is -2.90. The van der Waals surface area contributed by atoms with Crippen LogP contribution in [0.5, 0.6) is 5.75 Å². The van der Waals surface area contributed by atoms with E-state index >= 15 is 0 Å². The second kappa shape index (κ2) is 6.62. The lowest BCUT2D eigenvalue weighted by Crippen LogP contribution is -2.29. The first-order valence-electron chi connectivity index (χ1n) is 6.29. The smallest absolute Gasteiger partial charge is 0.387 e. The third kappa shape index (κ3) is 3.88. The fraction of sp³-hybridized carbons (Fsp3) is 0.462. The molecule has 0 spiro atoms. The number of halogens is 2. The summed E-state index contributed by atoms with van der Waals surface area (Å²) in [5.41, 5.74) is 5.85. The summed E-state index contributed by atoms with van der Waals surface area (Å²) >= 11 is 0. The number of nitrogens with two attached hydrogens (primary N) is 1. The number of hydrogen-bond donors (Lipinski definition) is 2. The van der Waals surface area contributed by atoms with E-state index in [1.54, 1.807) is 6.07 Å². The molecule has 2 rings (SSSR count). The lowest BCUT2D eigenvalue weighted by atomic mass is 10.2. The van der Waals surface area contributed by atoms with E-state index in [-0.39, 0.29) is 17.8 Å². The summed E-state index contributed by atoms with van der Waals surface area (Å²) in [5.74, 6) is -0.319. The molecule has 3 N–H and O–H groups in total. The molecule has 0 radical (unpaired) electrons. The van der Waals surface area contributed by atoms with Crippen molar-refractivity contribution in [3.63, 3.8) is 0 Å². The number of nitrogens with one attached hydrogen (secondary N) is 1. The Hall–Kier alpha value is -1.73. The standard InChI is InChI=1S/C13H16F2N2O3/c14-13(15)20-9-3-1-2-8(6-9)17-12(18)11-5-4-10(7-16)19-11/h1-3,6,10-11,13H,4-5,7,16H2,(H,17,18)/t10-,11+/m1/s1. The average molecular weight is 286 g/mol. The Morgan fingerprint density at radius 3 is 2.95 bits per heavy atom. The van der Waals surface area contributed by atoms with E-state index in [0.29, 0.717) is 18.7 Å². The molecule has 1 aliphatic heterocycles. The number of amides is 1. The average Bonchev–Trinajstić information content (AvgIpc) is 2.87. The Bertz CT molecular complexity index is 471. The summed E-state index contributed by atoms with van der Waals surface area (Å²) < 4.78 is 33.9. The number of rotatable bonds is 5. The van der Waals surface area contributed by atoms with Gasteiger partial charge < -0.3 is 20.5 Å². The van der Waals surface area contributed by atoms with Crippen molar-refractivity contribution in [2.75, 3.05) is 11.9 Å². The maximum Gasteiger partial charge on any atom is 0.387 e. The Morgan fingerprint density at radius 1 is 1.50 bits per heavy atom. The Labute approximate surface area is 115 Å².